The van der Waals surface area contributed by atoms with Crippen molar-refractivity contribution >= 4 is 27.3 Å². The Labute approximate surface area is 126 Å². The number of carbonyl (C=O) groups is 1. The van der Waals surface area contributed by atoms with Crippen molar-refractivity contribution in [3.8, 4) is 16.7 Å². The molecule has 4 nitrogen and oxygen atoms in total. The fraction of sp³-hybridized carbons (Fsp3) is 0.125. The molecule has 1 aromatic heterocycles. The molecule has 3 rings (SSSR count). The third-order valence-corrected chi connectivity index (χ3v) is 3.96. The summed E-state index contributed by atoms with van der Waals surface area (Å²) in [7, 11) is 1.55. The van der Waals surface area contributed by atoms with Gasteiger partial charge in [-0.25, -0.2) is 4.98 Å². The number of Topliss-reactive ketones (excluding diaryl/α,β-unsaturated/α-hetero) is 1. The van der Waals surface area contributed by atoms with Crippen molar-refractivity contribution < 1.29 is 14.3 Å². The van der Waals surface area contributed by atoms with E-state index < -0.39 is 0 Å². The van der Waals surface area contributed by atoms with E-state index in [1.54, 1.807) is 25.3 Å². The number of hydrogen-bond donors (Lipinski definition) is 0. The van der Waals surface area contributed by atoms with Crippen molar-refractivity contribution in [2.24, 2.45) is 0 Å². The Morgan fingerprint density at radius 1 is 1.14 bits per heavy atom. The minimum atomic E-state index is -0.0140. The topological polar surface area (TPSA) is 48.4 Å². The number of nitrogens with zero attached hydrogens (tertiary/aromatic N) is 1. The number of para-hydroxylation sites is 1. The van der Waals surface area contributed by atoms with Gasteiger partial charge in [-0.1, -0.05) is 23.5 Å². The summed E-state index contributed by atoms with van der Waals surface area (Å²) in [6, 6.07) is 12.9. The van der Waals surface area contributed by atoms with Gasteiger partial charge in [-0.15, -0.1) is 0 Å². The minimum absolute atomic E-state index is 0.0140. The predicted octanol–water partition coefficient (Wildman–Crippen LogP) is 4.30. The van der Waals surface area contributed by atoms with Crippen LogP contribution in [0.5, 0.6) is 16.7 Å². The van der Waals surface area contributed by atoms with Crippen LogP contribution in [0.25, 0.3) is 10.2 Å². The van der Waals surface area contributed by atoms with Gasteiger partial charge >= 0.3 is 0 Å². The first kappa shape index (κ1) is 13.6. The Morgan fingerprint density at radius 3 is 2.67 bits per heavy atom. The summed E-state index contributed by atoms with van der Waals surface area (Å²) in [5, 5.41) is 0.546. The number of ether oxygens (including phenoxy) is 2. The third-order valence-electron chi connectivity index (χ3n) is 3.04. The highest BCUT2D eigenvalue weighted by molar-refractivity contribution is 7.20. The van der Waals surface area contributed by atoms with E-state index in [1.807, 2.05) is 24.3 Å². The average molecular weight is 299 g/mol. The molecule has 0 fully saturated rings. The summed E-state index contributed by atoms with van der Waals surface area (Å²) < 4.78 is 12.1. The lowest BCUT2D eigenvalue weighted by Crippen LogP contribution is -1.95. The molecule has 21 heavy (non-hydrogen) atoms. The Balaban J connectivity index is 1.95. The quantitative estimate of drug-likeness (QED) is 0.674. The van der Waals surface area contributed by atoms with Crippen molar-refractivity contribution in [2.45, 2.75) is 6.92 Å². The molecule has 0 N–H and O–H groups in total. The molecule has 0 aliphatic heterocycles. The zero-order valence-corrected chi connectivity index (χ0v) is 12.4. The van der Waals surface area contributed by atoms with Crippen LogP contribution in [0.1, 0.15) is 17.3 Å². The van der Waals surface area contributed by atoms with Gasteiger partial charge in [0.2, 0.25) is 0 Å². The number of fused-ring (bicyclic) bond motifs is 1. The minimum Gasteiger partial charge on any atom is -0.493 e. The molecule has 2 aromatic carbocycles. The monoisotopic (exact) mass is 299 g/mol. The number of carbonyl (C=O) groups excluding carboxylic acids is 1. The van der Waals surface area contributed by atoms with Crippen molar-refractivity contribution in [1.29, 1.82) is 0 Å². The number of aromatic nitrogens is 1. The largest absolute Gasteiger partial charge is 0.493 e. The highest BCUT2D eigenvalue weighted by Crippen LogP contribution is 2.36. The molecule has 106 valence electrons. The van der Waals surface area contributed by atoms with Crippen molar-refractivity contribution in [3.05, 3.63) is 48.0 Å². The van der Waals surface area contributed by atoms with Gasteiger partial charge in [-0.05, 0) is 37.3 Å². The Morgan fingerprint density at radius 2 is 1.95 bits per heavy atom. The molecule has 0 unspecified atom stereocenters. The molecule has 0 saturated heterocycles. The zero-order valence-electron chi connectivity index (χ0n) is 11.6. The van der Waals surface area contributed by atoms with Gasteiger partial charge in [0.25, 0.3) is 5.19 Å². The van der Waals surface area contributed by atoms with Crippen molar-refractivity contribution in [2.75, 3.05) is 7.11 Å². The van der Waals surface area contributed by atoms with Gasteiger partial charge < -0.3 is 9.47 Å². The average Bonchev–Trinajstić information content (AvgIpc) is 2.89. The second-order valence-electron chi connectivity index (χ2n) is 4.47. The lowest BCUT2D eigenvalue weighted by molar-refractivity contribution is 0.101. The number of methoxy groups -OCH3 is 1. The van der Waals surface area contributed by atoms with Crippen LogP contribution in [-0.2, 0) is 0 Å². The summed E-state index contributed by atoms with van der Waals surface area (Å²) in [4.78, 5) is 15.8. The molecule has 0 amide bonds. The van der Waals surface area contributed by atoms with E-state index in [9.17, 15) is 4.79 Å². The molecule has 0 aliphatic rings. The van der Waals surface area contributed by atoms with E-state index in [0.717, 1.165) is 10.2 Å². The number of thiazole rings is 1. The van der Waals surface area contributed by atoms with Crippen LogP contribution in [0.15, 0.2) is 42.5 Å². The van der Waals surface area contributed by atoms with Crippen LogP contribution in [0.4, 0.5) is 0 Å². The second-order valence-corrected chi connectivity index (χ2v) is 5.46. The molecule has 0 spiro atoms. The number of hydrogen-bond acceptors (Lipinski definition) is 5. The third kappa shape index (κ3) is 2.73. The van der Waals surface area contributed by atoms with E-state index >= 15 is 0 Å². The fourth-order valence-corrected chi connectivity index (χ4v) is 2.79. The SMILES string of the molecule is COc1cc(C(C)=O)ccc1Oc1nc2ccccc2s1. The Kier molecular flexibility index (Phi) is 3.58. The van der Waals surface area contributed by atoms with Gasteiger partial charge in [-0.3, -0.25) is 4.79 Å². The highest BCUT2D eigenvalue weighted by atomic mass is 32.1. The molecule has 5 heteroatoms. The second kappa shape index (κ2) is 5.54. The molecule has 3 aromatic rings. The lowest BCUT2D eigenvalue weighted by Gasteiger charge is -2.08. The van der Waals surface area contributed by atoms with E-state index in [2.05, 4.69) is 4.98 Å². The van der Waals surface area contributed by atoms with Crippen LogP contribution in [-0.4, -0.2) is 17.9 Å². The normalized spacial score (nSPS) is 10.6. The number of benzene rings is 2. The molecule has 1 heterocycles. The zero-order chi connectivity index (χ0) is 14.8. The van der Waals surface area contributed by atoms with E-state index in [0.29, 0.717) is 22.3 Å². The standard InChI is InChI=1S/C16H13NO3S/c1-10(18)11-7-8-13(14(9-11)19-2)20-16-17-12-5-3-4-6-15(12)21-16/h3-9H,1-2H3. The highest BCUT2D eigenvalue weighted by Gasteiger charge is 2.11. The Hall–Kier alpha value is -2.40. The summed E-state index contributed by atoms with van der Waals surface area (Å²) in [5.74, 6) is 1.04. The summed E-state index contributed by atoms with van der Waals surface area (Å²) in [6.07, 6.45) is 0. The van der Waals surface area contributed by atoms with Gasteiger partial charge in [0.15, 0.2) is 17.3 Å². The van der Waals surface area contributed by atoms with Gasteiger partial charge in [-0.2, -0.15) is 0 Å². The van der Waals surface area contributed by atoms with E-state index in [1.165, 1.54) is 18.3 Å². The first-order valence-electron chi connectivity index (χ1n) is 6.40. The smallest absolute Gasteiger partial charge is 0.279 e. The first-order chi connectivity index (χ1) is 10.2. The van der Waals surface area contributed by atoms with E-state index in [-0.39, 0.29) is 5.78 Å². The summed E-state index contributed by atoms with van der Waals surface area (Å²) in [5.41, 5.74) is 1.49. The van der Waals surface area contributed by atoms with Crippen LogP contribution >= 0.6 is 11.3 Å². The molecule has 0 aliphatic carbocycles. The molecular formula is C16H13NO3S. The van der Waals surface area contributed by atoms with Gasteiger partial charge in [0, 0.05) is 5.56 Å². The van der Waals surface area contributed by atoms with Crippen molar-refractivity contribution in [3.63, 3.8) is 0 Å². The fourth-order valence-electron chi connectivity index (χ4n) is 1.96. The van der Waals surface area contributed by atoms with Crippen LogP contribution in [0.2, 0.25) is 0 Å². The number of ketones is 1. The van der Waals surface area contributed by atoms with E-state index in [4.69, 9.17) is 9.47 Å². The predicted molar refractivity (Wildman–Crippen MR) is 82.7 cm³/mol. The first-order valence-corrected chi connectivity index (χ1v) is 7.21. The maximum absolute atomic E-state index is 11.4. The van der Waals surface area contributed by atoms with Crippen LogP contribution in [0, 0.1) is 0 Å². The van der Waals surface area contributed by atoms with Gasteiger partial charge in [0.05, 0.1) is 17.3 Å². The molecular weight excluding hydrogens is 286 g/mol. The van der Waals surface area contributed by atoms with Gasteiger partial charge in [0.1, 0.15) is 0 Å². The summed E-state index contributed by atoms with van der Waals surface area (Å²) in [6.45, 7) is 1.52. The maximum Gasteiger partial charge on any atom is 0.279 e. The molecule has 0 saturated carbocycles. The van der Waals surface area contributed by atoms with Crippen molar-refractivity contribution in [1.82, 2.24) is 4.98 Å². The Bertz CT molecular complexity index is 777. The lowest BCUT2D eigenvalue weighted by atomic mass is 10.1. The van der Waals surface area contributed by atoms with Crippen LogP contribution < -0.4 is 9.47 Å². The molecule has 0 bridgehead atoms. The molecule has 0 radical (unpaired) electrons. The summed E-state index contributed by atoms with van der Waals surface area (Å²) >= 11 is 1.47. The maximum atomic E-state index is 11.4. The molecule has 0 atom stereocenters. The number of rotatable bonds is 4. The van der Waals surface area contributed by atoms with Crippen LogP contribution in [0.3, 0.4) is 0 Å².